The van der Waals surface area contributed by atoms with E-state index in [1.807, 2.05) is 30.3 Å². The van der Waals surface area contributed by atoms with Gasteiger partial charge < -0.3 is 22.9 Å². The summed E-state index contributed by atoms with van der Waals surface area (Å²) in [6, 6.07) is 12.7. The minimum atomic E-state index is -0.361. The van der Waals surface area contributed by atoms with Gasteiger partial charge in [-0.2, -0.15) is 0 Å². The molecule has 0 spiro atoms. The van der Waals surface area contributed by atoms with Gasteiger partial charge in [-0.15, -0.1) is 0 Å². The van der Waals surface area contributed by atoms with Gasteiger partial charge in [0, 0.05) is 11.3 Å². The van der Waals surface area contributed by atoms with Crippen LogP contribution in [-0.4, -0.2) is 0 Å². The number of benzene rings is 2. The van der Waals surface area contributed by atoms with E-state index in [1.165, 1.54) is 0 Å². The maximum Gasteiger partial charge on any atom is 0.0620 e. The van der Waals surface area contributed by atoms with Gasteiger partial charge in [0.05, 0.1) is 17.4 Å². The zero-order chi connectivity index (χ0) is 12.4. The fourth-order valence-corrected chi connectivity index (χ4v) is 1.84. The second-order valence-corrected chi connectivity index (χ2v) is 3.96. The van der Waals surface area contributed by atoms with Gasteiger partial charge in [0.15, 0.2) is 0 Å². The minimum absolute atomic E-state index is 0.361. The molecule has 1 atom stereocenters. The van der Waals surface area contributed by atoms with Gasteiger partial charge in [0.1, 0.15) is 0 Å². The van der Waals surface area contributed by atoms with Crippen LogP contribution in [-0.2, 0) is 0 Å². The summed E-state index contributed by atoms with van der Waals surface area (Å²) >= 11 is 0. The average molecular weight is 228 g/mol. The van der Waals surface area contributed by atoms with Crippen molar-refractivity contribution >= 4 is 17.1 Å². The molecule has 2 rings (SSSR count). The minimum Gasteiger partial charge on any atom is -0.398 e. The number of nitrogen functional groups attached to an aromatic ring is 3. The summed E-state index contributed by atoms with van der Waals surface area (Å²) in [6.45, 7) is 0. The summed E-state index contributed by atoms with van der Waals surface area (Å²) in [5, 5.41) is 0. The van der Waals surface area contributed by atoms with Crippen LogP contribution in [0.25, 0.3) is 0 Å². The topological polar surface area (TPSA) is 104 Å². The van der Waals surface area contributed by atoms with Crippen molar-refractivity contribution in [3.63, 3.8) is 0 Å². The molecule has 8 N–H and O–H groups in total. The maximum atomic E-state index is 6.17. The van der Waals surface area contributed by atoms with Crippen molar-refractivity contribution in [2.45, 2.75) is 6.04 Å². The normalized spacial score (nSPS) is 12.3. The Balaban J connectivity index is 2.51. The van der Waals surface area contributed by atoms with E-state index in [1.54, 1.807) is 12.1 Å². The highest BCUT2D eigenvalue weighted by Crippen LogP contribution is 2.33. The number of nitrogens with two attached hydrogens (primary N) is 4. The van der Waals surface area contributed by atoms with Gasteiger partial charge in [-0.1, -0.05) is 30.3 Å². The number of hydrogen-bond acceptors (Lipinski definition) is 4. The molecular formula is C13H16N4. The molecule has 88 valence electrons. The lowest BCUT2D eigenvalue weighted by Gasteiger charge is -2.18. The highest BCUT2D eigenvalue weighted by molar-refractivity contribution is 5.76. The highest BCUT2D eigenvalue weighted by Gasteiger charge is 2.16. The monoisotopic (exact) mass is 228 g/mol. The zero-order valence-electron chi connectivity index (χ0n) is 9.43. The van der Waals surface area contributed by atoms with Gasteiger partial charge in [-0.25, -0.2) is 0 Å². The lowest BCUT2D eigenvalue weighted by atomic mass is 9.96. The molecule has 0 saturated carbocycles. The highest BCUT2D eigenvalue weighted by atomic mass is 14.7. The Morgan fingerprint density at radius 2 is 1.35 bits per heavy atom. The molecule has 2 aromatic carbocycles. The van der Waals surface area contributed by atoms with Crippen LogP contribution in [0.1, 0.15) is 17.2 Å². The van der Waals surface area contributed by atoms with E-state index in [4.69, 9.17) is 22.9 Å². The number of rotatable bonds is 2. The summed E-state index contributed by atoms with van der Waals surface area (Å²) in [4.78, 5) is 0. The van der Waals surface area contributed by atoms with E-state index in [2.05, 4.69) is 0 Å². The molecular weight excluding hydrogens is 212 g/mol. The fourth-order valence-electron chi connectivity index (χ4n) is 1.84. The van der Waals surface area contributed by atoms with Crippen LogP contribution in [0.2, 0.25) is 0 Å². The molecule has 0 aromatic heterocycles. The molecule has 4 heteroatoms. The van der Waals surface area contributed by atoms with Gasteiger partial charge in [0.25, 0.3) is 0 Å². The van der Waals surface area contributed by atoms with Crippen molar-refractivity contribution < 1.29 is 0 Å². The molecule has 0 aliphatic rings. The van der Waals surface area contributed by atoms with Crippen molar-refractivity contribution in [2.75, 3.05) is 17.2 Å². The second-order valence-electron chi connectivity index (χ2n) is 3.96. The van der Waals surface area contributed by atoms with Crippen LogP contribution >= 0.6 is 0 Å². The van der Waals surface area contributed by atoms with Gasteiger partial charge in [-0.3, -0.25) is 0 Å². The van der Waals surface area contributed by atoms with E-state index in [0.717, 1.165) is 5.56 Å². The Bertz CT molecular complexity index is 522. The number of hydrogen-bond donors (Lipinski definition) is 4. The molecule has 0 amide bonds. The molecule has 0 radical (unpaired) electrons. The Hall–Kier alpha value is -2.20. The van der Waals surface area contributed by atoms with E-state index in [0.29, 0.717) is 22.6 Å². The van der Waals surface area contributed by atoms with E-state index >= 15 is 0 Å². The third kappa shape index (κ3) is 2.03. The summed E-state index contributed by atoms with van der Waals surface area (Å²) in [7, 11) is 0. The zero-order valence-corrected chi connectivity index (χ0v) is 9.43. The van der Waals surface area contributed by atoms with E-state index in [-0.39, 0.29) is 6.04 Å². The molecule has 0 bridgehead atoms. The lowest BCUT2D eigenvalue weighted by Crippen LogP contribution is -2.16. The van der Waals surface area contributed by atoms with Crippen LogP contribution in [0.3, 0.4) is 0 Å². The first-order chi connectivity index (χ1) is 8.11. The van der Waals surface area contributed by atoms with Crippen LogP contribution in [0.4, 0.5) is 17.1 Å². The predicted octanol–water partition coefficient (Wildman–Crippen LogP) is 1.48. The third-order valence-electron chi connectivity index (χ3n) is 2.82. The molecule has 0 aliphatic carbocycles. The third-order valence-corrected chi connectivity index (χ3v) is 2.82. The largest absolute Gasteiger partial charge is 0.398 e. The quantitative estimate of drug-likeness (QED) is 0.584. The van der Waals surface area contributed by atoms with Crippen LogP contribution in [0, 0.1) is 0 Å². The number of anilines is 3. The molecule has 0 fully saturated rings. The van der Waals surface area contributed by atoms with Gasteiger partial charge >= 0.3 is 0 Å². The Labute approximate surface area is 100 Å². The predicted molar refractivity (Wildman–Crippen MR) is 72.2 cm³/mol. The fraction of sp³-hybridized carbons (Fsp3) is 0.0769. The smallest absolute Gasteiger partial charge is 0.0620 e. The summed E-state index contributed by atoms with van der Waals surface area (Å²) in [5.41, 5.74) is 27.0. The Morgan fingerprint density at radius 1 is 0.765 bits per heavy atom. The molecule has 0 saturated heterocycles. The van der Waals surface area contributed by atoms with Crippen molar-refractivity contribution in [3.05, 3.63) is 53.6 Å². The van der Waals surface area contributed by atoms with E-state index < -0.39 is 0 Å². The van der Waals surface area contributed by atoms with Gasteiger partial charge in [-0.05, 0) is 17.7 Å². The van der Waals surface area contributed by atoms with Crippen LogP contribution < -0.4 is 22.9 Å². The second kappa shape index (κ2) is 4.35. The van der Waals surface area contributed by atoms with Crippen LogP contribution in [0.5, 0.6) is 0 Å². The van der Waals surface area contributed by atoms with E-state index in [9.17, 15) is 0 Å². The summed E-state index contributed by atoms with van der Waals surface area (Å²) in [6.07, 6.45) is 0. The molecule has 0 aliphatic heterocycles. The molecule has 4 nitrogen and oxygen atoms in total. The Kier molecular flexibility index (Phi) is 2.89. The summed E-state index contributed by atoms with van der Waals surface area (Å²) in [5.74, 6) is 0. The maximum absolute atomic E-state index is 6.17. The van der Waals surface area contributed by atoms with Crippen molar-refractivity contribution in [1.29, 1.82) is 0 Å². The van der Waals surface area contributed by atoms with Crippen molar-refractivity contribution in [1.82, 2.24) is 0 Å². The average Bonchev–Trinajstić information content (AvgIpc) is 2.35. The lowest BCUT2D eigenvalue weighted by molar-refractivity contribution is 0.878. The first-order valence-electron chi connectivity index (χ1n) is 5.35. The summed E-state index contributed by atoms with van der Waals surface area (Å²) < 4.78 is 0. The molecule has 2 aromatic rings. The van der Waals surface area contributed by atoms with Crippen molar-refractivity contribution in [2.24, 2.45) is 5.73 Å². The van der Waals surface area contributed by atoms with Gasteiger partial charge in [0.2, 0.25) is 0 Å². The molecule has 17 heavy (non-hydrogen) atoms. The Morgan fingerprint density at radius 3 is 2.00 bits per heavy atom. The SMILES string of the molecule is Nc1ccc(N)c(C(N)c2ccccc2)c1N. The van der Waals surface area contributed by atoms with Crippen molar-refractivity contribution in [3.8, 4) is 0 Å². The van der Waals surface area contributed by atoms with Crippen LogP contribution in [0.15, 0.2) is 42.5 Å². The standard InChI is InChI=1S/C13H16N4/c14-9-6-7-10(15)13(17)11(9)12(16)8-4-2-1-3-5-8/h1-7,12H,14-17H2. The molecule has 1 unspecified atom stereocenters. The first kappa shape index (κ1) is 11.3. The first-order valence-corrected chi connectivity index (χ1v) is 5.35. The molecule has 0 heterocycles.